The first-order valence-corrected chi connectivity index (χ1v) is 10.5. The van der Waals surface area contributed by atoms with Gasteiger partial charge < -0.3 is 15.0 Å². The minimum Gasteiger partial charge on any atom is -0.409 e. The van der Waals surface area contributed by atoms with Crippen LogP contribution in [0.2, 0.25) is 5.02 Å². The van der Waals surface area contributed by atoms with Gasteiger partial charge in [-0.25, -0.2) is 9.78 Å². The number of benzene rings is 1. The van der Waals surface area contributed by atoms with Gasteiger partial charge in [-0.05, 0) is 25.2 Å². The van der Waals surface area contributed by atoms with Gasteiger partial charge in [-0.15, -0.1) is 12.4 Å². The first kappa shape index (κ1) is 24.3. The van der Waals surface area contributed by atoms with Crippen molar-refractivity contribution in [1.82, 2.24) is 15.2 Å². The molecule has 0 aliphatic rings. The summed E-state index contributed by atoms with van der Waals surface area (Å²) in [6.45, 7) is 1.05. The number of carbonyl (C=O) groups excluding carboxylic acids is 2. The third-order valence-corrected chi connectivity index (χ3v) is 5.95. The number of hydrogen-bond acceptors (Lipinski definition) is 7. The van der Waals surface area contributed by atoms with Gasteiger partial charge in [0.25, 0.3) is 5.91 Å². The average molecular weight is 467 g/mol. The number of halogens is 2. The summed E-state index contributed by atoms with van der Waals surface area (Å²) in [6.07, 6.45) is 2.36. The molecule has 28 heavy (non-hydrogen) atoms. The van der Waals surface area contributed by atoms with Crippen molar-refractivity contribution < 1.29 is 18.5 Å². The molecule has 0 spiro atoms. The van der Waals surface area contributed by atoms with Gasteiger partial charge in [0.1, 0.15) is 9.96 Å². The Kier molecular flexibility index (Phi) is 9.83. The highest BCUT2D eigenvalue weighted by Crippen LogP contribution is 2.26. The van der Waals surface area contributed by atoms with Crippen molar-refractivity contribution in [2.75, 3.05) is 38.8 Å². The topological polar surface area (TPSA) is 101 Å². The lowest BCUT2D eigenvalue weighted by Gasteiger charge is -2.17. The van der Waals surface area contributed by atoms with Gasteiger partial charge >= 0.3 is 6.09 Å². The molecule has 0 saturated heterocycles. The molecule has 0 radical (unpaired) electrons. The molecule has 0 saturated carbocycles. The monoisotopic (exact) mass is 466 g/mol. The first-order chi connectivity index (χ1) is 12.8. The molecule has 1 unspecified atom stereocenters. The van der Waals surface area contributed by atoms with Crippen LogP contribution in [0.15, 0.2) is 28.6 Å². The number of amides is 2. The fraction of sp³-hybridized carbons (Fsp3) is 0.312. The van der Waals surface area contributed by atoms with Crippen LogP contribution in [0.1, 0.15) is 10.4 Å². The number of anilines is 1. The Balaban J connectivity index is 0.00000392. The number of thiazole rings is 1. The summed E-state index contributed by atoms with van der Waals surface area (Å²) in [5.41, 5.74) is 0.0900. The van der Waals surface area contributed by atoms with E-state index in [1.807, 2.05) is 0 Å². The van der Waals surface area contributed by atoms with E-state index in [4.69, 9.17) is 16.3 Å². The molecule has 0 bridgehead atoms. The van der Waals surface area contributed by atoms with Crippen LogP contribution in [-0.2, 0) is 10.8 Å². The van der Waals surface area contributed by atoms with Crippen LogP contribution in [0.25, 0.3) is 0 Å². The lowest BCUT2D eigenvalue weighted by molar-refractivity contribution is 0.102. The zero-order chi connectivity index (χ0) is 20.0. The van der Waals surface area contributed by atoms with Crippen molar-refractivity contribution in [1.29, 1.82) is 0 Å². The van der Waals surface area contributed by atoms with Crippen molar-refractivity contribution in [3.05, 3.63) is 35.0 Å². The summed E-state index contributed by atoms with van der Waals surface area (Å²) < 4.78 is 17.3. The van der Waals surface area contributed by atoms with Crippen molar-refractivity contribution in [2.24, 2.45) is 0 Å². The molecule has 154 valence electrons. The van der Waals surface area contributed by atoms with E-state index in [1.54, 1.807) is 14.1 Å². The molecule has 2 amide bonds. The van der Waals surface area contributed by atoms with Gasteiger partial charge in [0.05, 0.1) is 22.6 Å². The summed E-state index contributed by atoms with van der Waals surface area (Å²) in [5, 5.41) is 6.13. The number of aromatic nitrogens is 1. The quantitative estimate of drug-likeness (QED) is 0.650. The van der Waals surface area contributed by atoms with E-state index in [9.17, 15) is 13.8 Å². The fourth-order valence-corrected chi connectivity index (χ4v) is 3.55. The minimum atomic E-state index is -1.19. The molecule has 2 N–H and O–H groups in total. The van der Waals surface area contributed by atoms with Crippen LogP contribution in [-0.4, -0.2) is 59.5 Å². The maximum atomic E-state index is 12.6. The number of rotatable bonds is 7. The second-order valence-electron chi connectivity index (χ2n) is 5.43. The second kappa shape index (κ2) is 11.3. The van der Waals surface area contributed by atoms with Crippen molar-refractivity contribution in [3.8, 4) is 5.75 Å². The standard InChI is InChI=1S/C16H19ClN4O4S2.ClH/c1-18-6-7-21(2)16(23)25-12-5-4-10(17)8-11(12)14(22)20-15-19-9-13(26-15)27(3)24;/h4-5,8-9,18H,6-7H2,1-3H3,(H,19,20,22);1H. The van der Waals surface area contributed by atoms with E-state index in [0.717, 1.165) is 11.3 Å². The summed E-state index contributed by atoms with van der Waals surface area (Å²) in [7, 11) is 2.18. The zero-order valence-electron chi connectivity index (χ0n) is 15.4. The summed E-state index contributed by atoms with van der Waals surface area (Å²) >= 11 is 7.09. The normalized spacial score (nSPS) is 11.3. The van der Waals surface area contributed by atoms with E-state index >= 15 is 0 Å². The second-order valence-corrected chi connectivity index (χ2v) is 8.50. The largest absolute Gasteiger partial charge is 0.415 e. The molecule has 0 aliphatic carbocycles. The Labute approximate surface area is 180 Å². The maximum Gasteiger partial charge on any atom is 0.415 e. The maximum absolute atomic E-state index is 12.6. The van der Waals surface area contributed by atoms with Gasteiger partial charge in [0.15, 0.2) is 5.13 Å². The Morgan fingerprint density at radius 1 is 1.39 bits per heavy atom. The molecule has 1 aromatic carbocycles. The summed E-state index contributed by atoms with van der Waals surface area (Å²) in [6, 6.07) is 4.38. The highest BCUT2D eigenvalue weighted by Gasteiger charge is 2.19. The van der Waals surface area contributed by atoms with Crippen molar-refractivity contribution in [2.45, 2.75) is 4.21 Å². The molecule has 0 fully saturated rings. The predicted molar refractivity (Wildman–Crippen MR) is 114 cm³/mol. The summed E-state index contributed by atoms with van der Waals surface area (Å²) in [5.74, 6) is -0.463. The molecule has 1 heterocycles. The van der Waals surface area contributed by atoms with Crippen LogP contribution >= 0.6 is 35.3 Å². The van der Waals surface area contributed by atoms with Crippen LogP contribution in [0.5, 0.6) is 5.75 Å². The summed E-state index contributed by atoms with van der Waals surface area (Å²) in [4.78, 5) is 30.2. The fourth-order valence-electron chi connectivity index (χ4n) is 1.93. The lowest BCUT2D eigenvalue weighted by Crippen LogP contribution is -2.35. The third kappa shape index (κ3) is 6.71. The number of nitrogens with zero attached hydrogens (tertiary/aromatic N) is 2. The molecular formula is C16H20Cl2N4O4S2. The van der Waals surface area contributed by atoms with Crippen molar-refractivity contribution in [3.63, 3.8) is 0 Å². The number of carbonyl (C=O) groups is 2. The zero-order valence-corrected chi connectivity index (χ0v) is 18.6. The number of nitrogens with one attached hydrogen (secondary N) is 2. The van der Waals surface area contributed by atoms with Gasteiger partial charge in [0, 0.05) is 31.4 Å². The smallest absolute Gasteiger partial charge is 0.409 e. The van der Waals surface area contributed by atoms with Gasteiger partial charge in [-0.2, -0.15) is 0 Å². The molecule has 12 heteroatoms. The molecule has 8 nitrogen and oxygen atoms in total. The van der Waals surface area contributed by atoms with Crippen LogP contribution in [0.4, 0.5) is 9.93 Å². The van der Waals surface area contributed by atoms with E-state index in [0.29, 0.717) is 22.3 Å². The molecule has 1 aromatic heterocycles. The first-order valence-electron chi connectivity index (χ1n) is 7.79. The highest BCUT2D eigenvalue weighted by atomic mass is 35.5. The lowest BCUT2D eigenvalue weighted by atomic mass is 10.2. The van der Waals surface area contributed by atoms with E-state index in [2.05, 4.69) is 15.6 Å². The highest BCUT2D eigenvalue weighted by molar-refractivity contribution is 7.86. The van der Waals surface area contributed by atoms with E-state index in [-0.39, 0.29) is 28.9 Å². The molecular weight excluding hydrogens is 447 g/mol. The van der Waals surface area contributed by atoms with Gasteiger partial charge in [0.2, 0.25) is 0 Å². The molecule has 2 rings (SSSR count). The predicted octanol–water partition coefficient (Wildman–Crippen LogP) is 2.86. The third-order valence-electron chi connectivity index (χ3n) is 3.38. The Morgan fingerprint density at radius 3 is 2.71 bits per heavy atom. The minimum absolute atomic E-state index is 0. The Bertz CT molecular complexity index is 863. The van der Waals surface area contributed by atoms with Crippen LogP contribution < -0.4 is 15.4 Å². The number of ether oxygens (including phenoxy) is 1. The Hall–Kier alpha value is -1.72. The number of hydrogen-bond donors (Lipinski definition) is 2. The van der Waals surface area contributed by atoms with Crippen molar-refractivity contribution >= 4 is 63.3 Å². The Morgan fingerprint density at radius 2 is 2.11 bits per heavy atom. The molecule has 0 aliphatic heterocycles. The number of likely N-dealkylation sites (N-methyl/N-ethyl adjacent to an activating group) is 2. The molecule has 1 atom stereocenters. The van der Waals surface area contributed by atoms with Gasteiger partial charge in [-0.1, -0.05) is 22.9 Å². The van der Waals surface area contributed by atoms with Crippen LogP contribution in [0.3, 0.4) is 0 Å². The molecule has 2 aromatic rings. The van der Waals surface area contributed by atoms with Gasteiger partial charge in [-0.3, -0.25) is 14.3 Å². The van der Waals surface area contributed by atoms with E-state index < -0.39 is 22.8 Å². The van der Waals surface area contributed by atoms with Crippen LogP contribution in [0, 0.1) is 0 Å². The van der Waals surface area contributed by atoms with E-state index in [1.165, 1.54) is 35.6 Å². The SMILES string of the molecule is CNCCN(C)C(=O)Oc1ccc(Cl)cc1C(=O)Nc1ncc(S(C)=O)s1.Cl. The average Bonchev–Trinajstić information content (AvgIpc) is 3.09.